The predicted molar refractivity (Wildman–Crippen MR) is 152 cm³/mol. The highest BCUT2D eigenvalue weighted by Crippen LogP contribution is 2.35. The minimum Gasteiger partial charge on any atom is -0.493 e. The minimum absolute atomic E-state index is 0.115. The van der Waals surface area contributed by atoms with E-state index in [0.29, 0.717) is 13.2 Å². The molecule has 2 aromatic carbocycles. The SMILES string of the molecule is O=C([C@H]1CCCO1)N1CCC(Oc2ccc(-c3cc4ncccc4cc3OCCCN3CCCC3)cc2)CC1. The van der Waals surface area contributed by atoms with Gasteiger partial charge in [0.15, 0.2) is 0 Å². The van der Waals surface area contributed by atoms with Crippen molar-refractivity contribution in [1.29, 1.82) is 0 Å². The predicted octanol–water partition coefficient (Wildman–Crippen LogP) is 5.32. The van der Waals surface area contributed by atoms with E-state index in [4.69, 9.17) is 14.2 Å². The van der Waals surface area contributed by atoms with Crippen molar-refractivity contribution in [2.24, 2.45) is 0 Å². The van der Waals surface area contributed by atoms with Gasteiger partial charge in [0.2, 0.25) is 0 Å². The number of amides is 1. The Kier molecular flexibility index (Phi) is 8.26. The highest BCUT2D eigenvalue weighted by Gasteiger charge is 2.31. The lowest BCUT2D eigenvalue weighted by Gasteiger charge is -2.33. The van der Waals surface area contributed by atoms with Crippen molar-refractivity contribution < 1.29 is 19.0 Å². The second-order valence-electron chi connectivity index (χ2n) is 11.0. The number of carbonyl (C=O) groups is 1. The van der Waals surface area contributed by atoms with E-state index in [1.54, 1.807) is 0 Å². The minimum atomic E-state index is -0.237. The molecule has 3 saturated heterocycles. The quantitative estimate of drug-likeness (QED) is 0.350. The van der Waals surface area contributed by atoms with E-state index < -0.39 is 0 Å². The first-order chi connectivity index (χ1) is 19.2. The van der Waals surface area contributed by atoms with Gasteiger partial charge in [0.05, 0.1) is 12.1 Å². The molecule has 0 radical (unpaired) electrons. The number of hydrogen-bond acceptors (Lipinski definition) is 6. The van der Waals surface area contributed by atoms with E-state index in [2.05, 4.69) is 40.2 Å². The molecule has 7 heteroatoms. The van der Waals surface area contributed by atoms with Gasteiger partial charge in [-0.2, -0.15) is 0 Å². The van der Waals surface area contributed by atoms with Crippen LogP contribution in [0.4, 0.5) is 0 Å². The number of nitrogens with zero attached hydrogens (tertiary/aromatic N) is 3. The Labute approximate surface area is 231 Å². The van der Waals surface area contributed by atoms with Crippen LogP contribution in [0.5, 0.6) is 11.5 Å². The lowest BCUT2D eigenvalue weighted by atomic mass is 10.0. The highest BCUT2D eigenvalue weighted by molar-refractivity contribution is 5.88. The van der Waals surface area contributed by atoms with Crippen LogP contribution in [0, 0.1) is 0 Å². The summed E-state index contributed by atoms with van der Waals surface area (Å²) in [5.41, 5.74) is 3.10. The molecule has 206 valence electrons. The second kappa shape index (κ2) is 12.3. The van der Waals surface area contributed by atoms with Crippen molar-refractivity contribution in [3.8, 4) is 22.6 Å². The third kappa shape index (κ3) is 6.36. The summed E-state index contributed by atoms with van der Waals surface area (Å²) in [6, 6.07) is 16.6. The van der Waals surface area contributed by atoms with Crippen LogP contribution in [0.25, 0.3) is 22.0 Å². The molecular formula is C32H39N3O4. The van der Waals surface area contributed by atoms with Crippen molar-refractivity contribution in [1.82, 2.24) is 14.8 Å². The van der Waals surface area contributed by atoms with Crippen LogP contribution in [-0.2, 0) is 9.53 Å². The Bertz CT molecular complexity index is 1240. The van der Waals surface area contributed by atoms with Gasteiger partial charge >= 0.3 is 0 Å². The number of carbonyl (C=O) groups excluding carboxylic acids is 1. The normalized spacial score (nSPS) is 20.5. The molecule has 0 spiro atoms. The number of pyridine rings is 1. The third-order valence-electron chi connectivity index (χ3n) is 8.21. The number of piperidine rings is 1. The van der Waals surface area contributed by atoms with Gasteiger partial charge in [0.1, 0.15) is 23.7 Å². The molecule has 0 saturated carbocycles. The first-order valence-electron chi connectivity index (χ1n) is 14.6. The van der Waals surface area contributed by atoms with Crippen molar-refractivity contribution >= 4 is 16.8 Å². The van der Waals surface area contributed by atoms with Crippen molar-refractivity contribution in [2.75, 3.05) is 45.9 Å². The van der Waals surface area contributed by atoms with E-state index in [-0.39, 0.29) is 18.1 Å². The molecule has 1 atom stereocenters. The first kappa shape index (κ1) is 26.1. The fourth-order valence-corrected chi connectivity index (χ4v) is 6.00. The van der Waals surface area contributed by atoms with Crippen molar-refractivity contribution in [3.63, 3.8) is 0 Å². The lowest BCUT2D eigenvalue weighted by Crippen LogP contribution is -2.45. The molecule has 39 heavy (non-hydrogen) atoms. The van der Waals surface area contributed by atoms with Gasteiger partial charge in [0, 0.05) is 56.2 Å². The molecule has 3 aliphatic rings. The van der Waals surface area contributed by atoms with Gasteiger partial charge in [-0.05, 0) is 81.1 Å². The summed E-state index contributed by atoms with van der Waals surface area (Å²) in [6.45, 7) is 6.38. The maximum atomic E-state index is 12.6. The van der Waals surface area contributed by atoms with Crippen LogP contribution in [0.2, 0.25) is 0 Å². The number of hydrogen-bond donors (Lipinski definition) is 0. The molecule has 1 amide bonds. The Morgan fingerprint density at radius 1 is 0.974 bits per heavy atom. The number of rotatable bonds is 9. The Hall–Kier alpha value is -3.16. The smallest absolute Gasteiger partial charge is 0.251 e. The van der Waals surface area contributed by atoms with Crippen LogP contribution >= 0.6 is 0 Å². The third-order valence-corrected chi connectivity index (χ3v) is 8.21. The summed E-state index contributed by atoms with van der Waals surface area (Å²) >= 11 is 0. The van der Waals surface area contributed by atoms with E-state index in [1.165, 1.54) is 25.9 Å². The monoisotopic (exact) mass is 529 g/mol. The molecule has 0 bridgehead atoms. The number of likely N-dealkylation sites (tertiary alicyclic amines) is 2. The van der Waals surface area contributed by atoms with Gasteiger partial charge in [-0.25, -0.2) is 0 Å². The van der Waals surface area contributed by atoms with Crippen LogP contribution in [-0.4, -0.2) is 78.8 Å². The van der Waals surface area contributed by atoms with Crippen molar-refractivity contribution in [3.05, 3.63) is 54.7 Å². The standard InChI is InChI=1S/C32H39N3O4/c36-32(30-7-4-20-37-30)35-18-12-27(13-19-35)39-26-10-8-24(9-11-26)28-23-29-25(6-3-14-33-29)22-31(28)38-21-5-17-34-15-1-2-16-34/h3,6,8-11,14,22-23,27,30H,1-2,4-5,7,12-13,15-21H2/t30-/m1/s1. The molecule has 3 aliphatic heterocycles. The van der Waals surface area contributed by atoms with Crippen LogP contribution in [0.15, 0.2) is 54.7 Å². The zero-order valence-electron chi connectivity index (χ0n) is 22.7. The fraction of sp³-hybridized carbons (Fsp3) is 0.500. The number of aromatic nitrogens is 1. The number of benzene rings is 2. The molecule has 6 rings (SSSR count). The van der Waals surface area contributed by atoms with Gasteiger partial charge in [-0.3, -0.25) is 9.78 Å². The molecule has 7 nitrogen and oxygen atoms in total. The van der Waals surface area contributed by atoms with E-state index >= 15 is 0 Å². The lowest BCUT2D eigenvalue weighted by molar-refractivity contribution is -0.142. The van der Waals surface area contributed by atoms with Gasteiger partial charge in [-0.1, -0.05) is 18.2 Å². The molecule has 1 aromatic heterocycles. The summed E-state index contributed by atoms with van der Waals surface area (Å²) < 4.78 is 18.2. The van der Waals surface area contributed by atoms with Gasteiger partial charge in [-0.15, -0.1) is 0 Å². The largest absolute Gasteiger partial charge is 0.493 e. The topological polar surface area (TPSA) is 64.1 Å². The Morgan fingerprint density at radius 2 is 1.79 bits per heavy atom. The average Bonchev–Trinajstić information content (AvgIpc) is 3.71. The molecule has 0 unspecified atom stereocenters. The molecule has 0 N–H and O–H groups in total. The first-order valence-corrected chi connectivity index (χ1v) is 14.6. The highest BCUT2D eigenvalue weighted by atomic mass is 16.5. The second-order valence-corrected chi connectivity index (χ2v) is 11.0. The van der Waals surface area contributed by atoms with Crippen LogP contribution in [0.3, 0.4) is 0 Å². The van der Waals surface area contributed by atoms with E-state index in [0.717, 1.165) is 85.3 Å². The van der Waals surface area contributed by atoms with Gasteiger partial charge < -0.3 is 24.0 Å². The Morgan fingerprint density at radius 3 is 2.56 bits per heavy atom. The van der Waals surface area contributed by atoms with Gasteiger partial charge in [0.25, 0.3) is 5.91 Å². The number of ether oxygens (including phenoxy) is 3. The molecule has 0 aliphatic carbocycles. The fourth-order valence-electron chi connectivity index (χ4n) is 6.00. The molecule has 3 fully saturated rings. The zero-order chi connectivity index (χ0) is 26.4. The maximum Gasteiger partial charge on any atom is 0.251 e. The molecule has 3 aromatic rings. The molecular weight excluding hydrogens is 490 g/mol. The van der Waals surface area contributed by atoms with E-state index in [9.17, 15) is 4.79 Å². The van der Waals surface area contributed by atoms with E-state index in [1.807, 2.05) is 29.3 Å². The maximum absolute atomic E-state index is 12.6. The average molecular weight is 530 g/mol. The van der Waals surface area contributed by atoms with Crippen LogP contribution in [0.1, 0.15) is 44.9 Å². The summed E-state index contributed by atoms with van der Waals surface area (Å²) in [5.74, 6) is 1.90. The summed E-state index contributed by atoms with van der Waals surface area (Å²) in [6.07, 6.45) is 8.87. The van der Waals surface area contributed by atoms with Crippen molar-refractivity contribution in [2.45, 2.75) is 57.2 Å². The Balaban J connectivity index is 1.09. The summed E-state index contributed by atoms with van der Waals surface area (Å²) in [5, 5.41) is 1.08. The summed E-state index contributed by atoms with van der Waals surface area (Å²) in [7, 11) is 0. The zero-order valence-corrected chi connectivity index (χ0v) is 22.7. The summed E-state index contributed by atoms with van der Waals surface area (Å²) in [4.78, 5) is 21.7. The number of fused-ring (bicyclic) bond motifs is 1. The molecule has 4 heterocycles. The van der Waals surface area contributed by atoms with Crippen LogP contribution < -0.4 is 9.47 Å².